The molecule has 2 atom stereocenters. The first-order chi connectivity index (χ1) is 6.86. The van der Waals surface area contributed by atoms with Gasteiger partial charge in [-0.2, -0.15) is 0 Å². The minimum atomic E-state index is 0.000602. The van der Waals surface area contributed by atoms with Crippen LogP contribution in [0.3, 0.4) is 0 Å². The Morgan fingerprint density at radius 1 is 1.07 bits per heavy atom. The summed E-state index contributed by atoms with van der Waals surface area (Å²) in [5.74, 6) is 0.597. The maximum absolute atomic E-state index is 11.7. The molecule has 0 amide bonds. The van der Waals surface area contributed by atoms with E-state index < -0.39 is 0 Å². The lowest BCUT2D eigenvalue weighted by Gasteiger charge is -2.36. The standard InChI is InChI=1S/C12H16O2/c13-12-10-6-3-5-8(10)9-4-1-2-7-11(9)14-12/h9,11H,1-7H2/t9-,11-/m0/s1. The molecule has 3 rings (SSSR count). The summed E-state index contributed by atoms with van der Waals surface area (Å²) < 4.78 is 5.51. The molecule has 0 N–H and O–H groups in total. The average Bonchev–Trinajstić information content (AvgIpc) is 2.67. The molecule has 0 aromatic carbocycles. The van der Waals surface area contributed by atoms with Crippen molar-refractivity contribution < 1.29 is 9.53 Å². The molecule has 2 heteroatoms. The Hall–Kier alpha value is -0.790. The van der Waals surface area contributed by atoms with Crippen LogP contribution in [0.1, 0.15) is 44.9 Å². The van der Waals surface area contributed by atoms with Crippen molar-refractivity contribution in [3.63, 3.8) is 0 Å². The predicted molar refractivity (Wildman–Crippen MR) is 52.7 cm³/mol. The van der Waals surface area contributed by atoms with E-state index in [0.717, 1.165) is 24.8 Å². The second-order valence-electron chi connectivity index (χ2n) is 4.69. The van der Waals surface area contributed by atoms with Gasteiger partial charge in [-0.3, -0.25) is 0 Å². The van der Waals surface area contributed by atoms with E-state index in [1.54, 1.807) is 0 Å². The van der Waals surface area contributed by atoms with Gasteiger partial charge in [-0.25, -0.2) is 4.79 Å². The van der Waals surface area contributed by atoms with Crippen molar-refractivity contribution in [3.8, 4) is 0 Å². The van der Waals surface area contributed by atoms with Crippen LogP contribution in [0.2, 0.25) is 0 Å². The summed E-state index contributed by atoms with van der Waals surface area (Å²) in [6, 6.07) is 0. The summed E-state index contributed by atoms with van der Waals surface area (Å²) in [7, 11) is 0. The van der Waals surface area contributed by atoms with E-state index in [4.69, 9.17) is 4.74 Å². The highest BCUT2D eigenvalue weighted by molar-refractivity contribution is 5.91. The van der Waals surface area contributed by atoms with Crippen LogP contribution in [-0.4, -0.2) is 12.1 Å². The van der Waals surface area contributed by atoms with Gasteiger partial charge in [0.15, 0.2) is 0 Å². The van der Waals surface area contributed by atoms with Crippen LogP contribution in [-0.2, 0) is 9.53 Å². The Bertz CT molecular complexity index is 303. The van der Waals surface area contributed by atoms with E-state index in [0.29, 0.717) is 5.92 Å². The highest BCUT2D eigenvalue weighted by Crippen LogP contribution is 2.44. The van der Waals surface area contributed by atoms with Gasteiger partial charge in [0.2, 0.25) is 0 Å². The van der Waals surface area contributed by atoms with Crippen molar-refractivity contribution in [1.82, 2.24) is 0 Å². The van der Waals surface area contributed by atoms with Crippen LogP contribution < -0.4 is 0 Å². The van der Waals surface area contributed by atoms with Gasteiger partial charge in [0.05, 0.1) is 0 Å². The monoisotopic (exact) mass is 192 g/mol. The molecule has 76 valence electrons. The van der Waals surface area contributed by atoms with Gasteiger partial charge in [-0.15, -0.1) is 0 Å². The Kier molecular flexibility index (Phi) is 1.89. The van der Waals surface area contributed by atoms with Gasteiger partial charge in [0.1, 0.15) is 6.10 Å². The van der Waals surface area contributed by atoms with Gasteiger partial charge in [0, 0.05) is 11.5 Å². The third-order valence-corrected chi connectivity index (χ3v) is 3.92. The fourth-order valence-electron chi connectivity index (χ4n) is 3.25. The second-order valence-corrected chi connectivity index (χ2v) is 4.69. The zero-order valence-electron chi connectivity index (χ0n) is 8.42. The quantitative estimate of drug-likeness (QED) is 0.551. The fraction of sp³-hybridized carbons (Fsp3) is 0.750. The molecule has 14 heavy (non-hydrogen) atoms. The zero-order chi connectivity index (χ0) is 9.54. The number of carbonyl (C=O) groups excluding carboxylic acids is 1. The van der Waals surface area contributed by atoms with Gasteiger partial charge in [-0.05, 0) is 38.5 Å². The van der Waals surface area contributed by atoms with E-state index in [-0.39, 0.29) is 12.1 Å². The lowest BCUT2D eigenvalue weighted by molar-refractivity contribution is -0.150. The summed E-state index contributed by atoms with van der Waals surface area (Å²) in [5, 5.41) is 0. The molecule has 2 nitrogen and oxygen atoms in total. The third-order valence-electron chi connectivity index (χ3n) is 3.92. The summed E-state index contributed by atoms with van der Waals surface area (Å²) in [4.78, 5) is 11.7. The fourth-order valence-corrected chi connectivity index (χ4v) is 3.25. The summed E-state index contributed by atoms with van der Waals surface area (Å²) in [5.41, 5.74) is 2.50. The van der Waals surface area contributed by atoms with Crippen LogP contribution in [0.5, 0.6) is 0 Å². The molecule has 0 saturated heterocycles. The van der Waals surface area contributed by atoms with Gasteiger partial charge in [-0.1, -0.05) is 12.0 Å². The second kappa shape index (κ2) is 3.11. The molecule has 0 aromatic heterocycles. The zero-order valence-corrected chi connectivity index (χ0v) is 8.42. The molecule has 2 aliphatic carbocycles. The molecular formula is C12H16O2. The van der Waals surface area contributed by atoms with Gasteiger partial charge >= 0.3 is 5.97 Å². The van der Waals surface area contributed by atoms with Crippen LogP contribution in [0.25, 0.3) is 0 Å². The number of hydrogen-bond donors (Lipinski definition) is 0. The normalized spacial score (nSPS) is 36.4. The molecule has 1 heterocycles. The largest absolute Gasteiger partial charge is 0.458 e. The molecular weight excluding hydrogens is 176 g/mol. The average molecular weight is 192 g/mol. The van der Waals surface area contributed by atoms with Crippen molar-refractivity contribution in [2.24, 2.45) is 5.92 Å². The topological polar surface area (TPSA) is 26.3 Å². The molecule has 0 spiro atoms. The minimum absolute atomic E-state index is 0.000602. The van der Waals surface area contributed by atoms with Crippen LogP contribution >= 0.6 is 0 Å². The number of carbonyl (C=O) groups is 1. The molecule has 1 fully saturated rings. The first-order valence-electron chi connectivity index (χ1n) is 5.79. The number of ether oxygens (including phenoxy) is 1. The smallest absolute Gasteiger partial charge is 0.334 e. The highest BCUT2D eigenvalue weighted by Gasteiger charge is 2.40. The summed E-state index contributed by atoms with van der Waals surface area (Å²) in [6.07, 6.45) is 8.41. The Labute approximate surface area is 84.3 Å². The van der Waals surface area contributed by atoms with E-state index >= 15 is 0 Å². The van der Waals surface area contributed by atoms with Crippen LogP contribution in [0, 0.1) is 5.92 Å². The van der Waals surface area contributed by atoms with Crippen molar-refractivity contribution in [2.45, 2.75) is 51.0 Å². The van der Waals surface area contributed by atoms with Crippen molar-refractivity contribution in [3.05, 3.63) is 11.1 Å². The molecule has 0 bridgehead atoms. The number of esters is 1. The van der Waals surface area contributed by atoms with E-state index in [9.17, 15) is 4.79 Å². The highest BCUT2D eigenvalue weighted by atomic mass is 16.5. The Morgan fingerprint density at radius 3 is 2.86 bits per heavy atom. The van der Waals surface area contributed by atoms with Crippen molar-refractivity contribution in [2.75, 3.05) is 0 Å². The van der Waals surface area contributed by atoms with Crippen LogP contribution in [0.4, 0.5) is 0 Å². The van der Waals surface area contributed by atoms with E-state index in [1.807, 2.05) is 0 Å². The number of fused-ring (bicyclic) bond motifs is 2. The lowest BCUT2D eigenvalue weighted by Crippen LogP contribution is -2.36. The lowest BCUT2D eigenvalue weighted by atomic mass is 9.78. The van der Waals surface area contributed by atoms with Gasteiger partial charge in [0.25, 0.3) is 0 Å². The maximum Gasteiger partial charge on any atom is 0.334 e. The maximum atomic E-state index is 11.7. The Balaban J connectivity index is 1.96. The first kappa shape index (κ1) is 8.51. The van der Waals surface area contributed by atoms with Crippen molar-refractivity contribution >= 4 is 5.97 Å². The first-order valence-corrected chi connectivity index (χ1v) is 5.79. The predicted octanol–water partition coefficient (Wildman–Crippen LogP) is 2.58. The molecule has 1 aliphatic heterocycles. The van der Waals surface area contributed by atoms with Gasteiger partial charge < -0.3 is 4.74 Å². The minimum Gasteiger partial charge on any atom is -0.458 e. The SMILES string of the molecule is O=C1O[C@H]2CCCC[C@H]2C2=C1CCC2. The van der Waals surface area contributed by atoms with E-state index in [1.165, 1.54) is 31.3 Å². The summed E-state index contributed by atoms with van der Waals surface area (Å²) >= 11 is 0. The van der Waals surface area contributed by atoms with E-state index in [2.05, 4.69) is 0 Å². The Morgan fingerprint density at radius 2 is 1.93 bits per heavy atom. The molecule has 0 aromatic rings. The molecule has 3 aliphatic rings. The summed E-state index contributed by atoms with van der Waals surface area (Å²) in [6.45, 7) is 0. The number of hydrogen-bond acceptors (Lipinski definition) is 2. The van der Waals surface area contributed by atoms with Crippen molar-refractivity contribution in [1.29, 1.82) is 0 Å². The molecule has 0 radical (unpaired) electrons. The number of rotatable bonds is 0. The molecule has 0 unspecified atom stereocenters. The third kappa shape index (κ3) is 1.13. The molecule has 1 saturated carbocycles. The van der Waals surface area contributed by atoms with Crippen LogP contribution in [0.15, 0.2) is 11.1 Å².